The van der Waals surface area contributed by atoms with Gasteiger partial charge in [0.2, 0.25) is 0 Å². The summed E-state index contributed by atoms with van der Waals surface area (Å²) in [4.78, 5) is 10.1. The molecule has 0 aliphatic rings. The van der Waals surface area contributed by atoms with E-state index in [9.17, 15) is 4.79 Å². The Hall–Kier alpha value is -0.220. The van der Waals surface area contributed by atoms with E-state index in [-0.39, 0.29) is 12.0 Å². The highest BCUT2D eigenvalue weighted by molar-refractivity contribution is 7.99. The Morgan fingerprint density at radius 2 is 2.17 bits per heavy atom. The third kappa shape index (κ3) is 9.78. The van der Waals surface area contributed by atoms with Gasteiger partial charge in [-0.1, -0.05) is 0 Å². The summed E-state index contributed by atoms with van der Waals surface area (Å²) in [5.74, 6) is 1.04. The van der Waals surface area contributed by atoms with Crippen LogP contribution in [0.4, 0.5) is 0 Å². The number of carboxylic acids is 1. The van der Waals surface area contributed by atoms with Gasteiger partial charge in [0, 0.05) is 17.7 Å². The molecule has 3 nitrogen and oxygen atoms in total. The van der Waals surface area contributed by atoms with Crippen molar-refractivity contribution in [3.05, 3.63) is 0 Å². The van der Waals surface area contributed by atoms with Crippen LogP contribution in [0.2, 0.25) is 0 Å². The largest absolute Gasteiger partial charge is 0.481 e. The molecule has 0 amide bonds. The van der Waals surface area contributed by atoms with Crippen LogP contribution < -0.4 is 5.73 Å². The van der Waals surface area contributed by atoms with E-state index < -0.39 is 5.97 Å². The van der Waals surface area contributed by atoms with E-state index in [0.717, 1.165) is 17.9 Å². The maximum atomic E-state index is 10.1. The quantitative estimate of drug-likeness (QED) is 0.622. The Kier molecular flexibility index (Phi) is 5.33. The Labute approximate surface area is 77.7 Å². The summed E-state index contributed by atoms with van der Waals surface area (Å²) in [6.07, 6.45) is 0.994. The van der Waals surface area contributed by atoms with Crippen LogP contribution >= 0.6 is 11.8 Å². The smallest absolute Gasteiger partial charge is 0.303 e. The third-order valence-corrected chi connectivity index (χ3v) is 2.68. The van der Waals surface area contributed by atoms with Gasteiger partial charge < -0.3 is 10.8 Å². The van der Waals surface area contributed by atoms with Crippen molar-refractivity contribution in [3.63, 3.8) is 0 Å². The number of hydrogen-bond donors (Lipinski definition) is 2. The molecule has 0 atom stereocenters. The molecule has 3 N–H and O–H groups in total. The van der Waals surface area contributed by atoms with E-state index >= 15 is 0 Å². The predicted molar refractivity (Wildman–Crippen MR) is 52.5 cm³/mol. The number of hydrogen-bond acceptors (Lipinski definition) is 3. The zero-order chi connectivity index (χ0) is 9.61. The second-order valence-corrected chi connectivity index (χ2v) is 4.64. The summed E-state index contributed by atoms with van der Waals surface area (Å²) in [6, 6.07) is 0. The van der Waals surface area contributed by atoms with Gasteiger partial charge in [-0.15, -0.1) is 0 Å². The third-order valence-electron chi connectivity index (χ3n) is 1.15. The second-order valence-electron chi connectivity index (χ2n) is 3.54. The highest BCUT2D eigenvalue weighted by Gasteiger charge is 2.09. The van der Waals surface area contributed by atoms with E-state index in [1.165, 1.54) is 0 Å². The molecule has 0 bridgehead atoms. The first-order chi connectivity index (χ1) is 5.42. The summed E-state index contributed by atoms with van der Waals surface area (Å²) in [7, 11) is 0. The minimum atomic E-state index is -0.720. The maximum absolute atomic E-state index is 10.1. The van der Waals surface area contributed by atoms with E-state index in [0.29, 0.717) is 0 Å². The molecular formula is C8H17NO2S. The molecule has 12 heavy (non-hydrogen) atoms. The van der Waals surface area contributed by atoms with Crippen molar-refractivity contribution in [3.8, 4) is 0 Å². The Balaban J connectivity index is 3.17. The van der Waals surface area contributed by atoms with Gasteiger partial charge in [0.25, 0.3) is 0 Å². The van der Waals surface area contributed by atoms with Gasteiger partial charge in [0.1, 0.15) is 0 Å². The number of rotatable bonds is 6. The molecule has 0 aromatic carbocycles. The van der Waals surface area contributed by atoms with Gasteiger partial charge in [-0.05, 0) is 26.0 Å². The number of carbonyl (C=O) groups is 1. The van der Waals surface area contributed by atoms with E-state index in [4.69, 9.17) is 10.8 Å². The maximum Gasteiger partial charge on any atom is 0.303 e. The monoisotopic (exact) mass is 191 g/mol. The highest BCUT2D eigenvalue weighted by atomic mass is 32.2. The SMILES string of the molecule is CC(C)(N)CSCCCC(=O)O. The molecule has 0 aromatic rings. The average Bonchev–Trinajstić information content (AvgIpc) is 1.83. The lowest BCUT2D eigenvalue weighted by Gasteiger charge is -2.17. The van der Waals surface area contributed by atoms with Gasteiger partial charge in [0.05, 0.1) is 0 Å². The minimum absolute atomic E-state index is 0.145. The molecule has 0 saturated carbocycles. The van der Waals surface area contributed by atoms with Gasteiger partial charge in [0.15, 0.2) is 0 Å². The van der Waals surface area contributed by atoms with Crippen molar-refractivity contribution in [1.29, 1.82) is 0 Å². The Morgan fingerprint density at radius 3 is 2.58 bits per heavy atom. The van der Waals surface area contributed by atoms with Gasteiger partial charge in [-0.3, -0.25) is 4.79 Å². The van der Waals surface area contributed by atoms with Crippen LogP contribution in [0, 0.1) is 0 Å². The molecule has 0 radical (unpaired) electrons. The molecule has 0 aliphatic heterocycles. The van der Waals surface area contributed by atoms with Gasteiger partial charge in [-0.25, -0.2) is 0 Å². The lowest BCUT2D eigenvalue weighted by molar-refractivity contribution is -0.137. The van der Waals surface area contributed by atoms with Crippen LogP contribution in [0.25, 0.3) is 0 Å². The fraction of sp³-hybridized carbons (Fsp3) is 0.875. The van der Waals surface area contributed by atoms with Crippen molar-refractivity contribution in [2.45, 2.75) is 32.2 Å². The van der Waals surface area contributed by atoms with Crippen molar-refractivity contribution < 1.29 is 9.90 Å². The zero-order valence-electron chi connectivity index (χ0n) is 7.67. The molecule has 0 fully saturated rings. The number of thioether (sulfide) groups is 1. The average molecular weight is 191 g/mol. The summed E-state index contributed by atoms with van der Waals surface area (Å²) >= 11 is 1.71. The van der Waals surface area contributed by atoms with Crippen LogP contribution in [-0.4, -0.2) is 28.1 Å². The summed E-state index contributed by atoms with van der Waals surface area (Å²) in [5.41, 5.74) is 5.60. The first-order valence-electron chi connectivity index (χ1n) is 4.00. The lowest BCUT2D eigenvalue weighted by atomic mass is 10.1. The molecule has 0 heterocycles. The normalized spacial score (nSPS) is 11.6. The summed E-state index contributed by atoms with van der Waals surface area (Å²) in [5, 5.41) is 8.34. The van der Waals surface area contributed by atoms with Crippen molar-refractivity contribution >= 4 is 17.7 Å². The number of aliphatic carboxylic acids is 1. The highest BCUT2D eigenvalue weighted by Crippen LogP contribution is 2.11. The van der Waals surface area contributed by atoms with Gasteiger partial charge >= 0.3 is 5.97 Å². The Bertz CT molecular complexity index is 142. The second kappa shape index (κ2) is 5.43. The molecular weight excluding hydrogens is 174 g/mol. The van der Waals surface area contributed by atoms with Crippen molar-refractivity contribution in [1.82, 2.24) is 0 Å². The molecule has 0 unspecified atom stereocenters. The Morgan fingerprint density at radius 1 is 1.58 bits per heavy atom. The topological polar surface area (TPSA) is 63.3 Å². The molecule has 0 rings (SSSR count). The van der Waals surface area contributed by atoms with E-state index in [2.05, 4.69) is 0 Å². The first kappa shape index (κ1) is 11.8. The fourth-order valence-electron chi connectivity index (χ4n) is 0.661. The molecule has 0 spiro atoms. The van der Waals surface area contributed by atoms with E-state index in [1.807, 2.05) is 13.8 Å². The van der Waals surface area contributed by atoms with Crippen molar-refractivity contribution in [2.24, 2.45) is 5.73 Å². The molecule has 0 saturated heterocycles. The van der Waals surface area contributed by atoms with Crippen LogP contribution in [0.5, 0.6) is 0 Å². The van der Waals surface area contributed by atoms with E-state index in [1.54, 1.807) is 11.8 Å². The minimum Gasteiger partial charge on any atom is -0.481 e. The lowest BCUT2D eigenvalue weighted by Crippen LogP contribution is -2.34. The van der Waals surface area contributed by atoms with Crippen LogP contribution in [0.3, 0.4) is 0 Å². The molecule has 0 aliphatic carbocycles. The predicted octanol–water partition coefficient (Wildman–Crippen LogP) is 1.32. The summed E-state index contributed by atoms with van der Waals surface area (Å²) in [6.45, 7) is 3.94. The van der Waals surface area contributed by atoms with Crippen LogP contribution in [0.1, 0.15) is 26.7 Å². The summed E-state index contributed by atoms with van der Waals surface area (Å²) < 4.78 is 0. The van der Waals surface area contributed by atoms with Gasteiger partial charge in [-0.2, -0.15) is 11.8 Å². The van der Waals surface area contributed by atoms with Crippen LogP contribution in [0.15, 0.2) is 0 Å². The molecule has 0 aromatic heterocycles. The van der Waals surface area contributed by atoms with Crippen LogP contribution in [-0.2, 0) is 4.79 Å². The fourth-order valence-corrected chi connectivity index (χ4v) is 1.68. The zero-order valence-corrected chi connectivity index (χ0v) is 8.49. The first-order valence-corrected chi connectivity index (χ1v) is 5.16. The molecule has 4 heteroatoms. The number of carboxylic acid groups (broad SMARTS) is 1. The molecule has 72 valence electrons. The standard InChI is InChI=1S/C8H17NO2S/c1-8(2,9)6-12-5-3-4-7(10)11/h3-6,9H2,1-2H3,(H,10,11). The number of nitrogens with two attached hydrogens (primary N) is 1. The van der Waals surface area contributed by atoms with Crippen molar-refractivity contribution in [2.75, 3.05) is 11.5 Å².